The second-order valence-electron chi connectivity index (χ2n) is 4.61. The maximum absolute atomic E-state index is 4.36. The first kappa shape index (κ1) is 12.8. The molecule has 18 heavy (non-hydrogen) atoms. The van der Waals surface area contributed by atoms with Gasteiger partial charge in [-0.1, -0.05) is 30.3 Å². The Morgan fingerprint density at radius 3 is 2.61 bits per heavy atom. The number of aryl methyl sites for hydroxylation is 1. The van der Waals surface area contributed by atoms with E-state index in [0.29, 0.717) is 6.04 Å². The molecule has 0 amide bonds. The van der Waals surface area contributed by atoms with Crippen molar-refractivity contribution in [3.05, 3.63) is 65.5 Å². The molecule has 0 aliphatic rings. The van der Waals surface area contributed by atoms with Crippen LogP contribution in [0.25, 0.3) is 0 Å². The van der Waals surface area contributed by atoms with Gasteiger partial charge in [-0.2, -0.15) is 0 Å². The Hall–Kier alpha value is -1.67. The monoisotopic (exact) mass is 240 g/mol. The smallest absolute Gasteiger partial charge is 0.0570 e. The first-order valence-corrected chi connectivity index (χ1v) is 6.46. The summed E-state index contributed by atoms with van der Waals surface area (Å²) in [6, 6.07) is 14.9. The molecule has 2 nitrogen and oxygen atoms in total. The van der Waals surface area contributed by atoms with Gasteiger partial charge in [0.25, 0.3) is 0 Å². The molecule has 1 aromatic carbocycles. The molecule has 0 aliphatic carbocycles. The van der Waals surface area contributed by atoms with Crippen LogP contribution in [0.4, 0.5) is 0 Å². The van der Waals surface area contributed by atoms with Gasteiger partial charge in [-0.25, -0.2) is 0 Å². The summed E-state index contributed by atoms with van der Waals surface area (Å²) < 4.78 is 0. The summed E-state index contributed by atoms with van der Waals surface area (Å²) in [5.41, 5.74) is 3.88. The molecule has 94 valence electrons. The van der Waals surface area contributed by atoms with E-state index in [9.17, 15) is 0 Å². The Bertz CT molecular complexity index is 479. The van der Waals surface area contributed by atoms with Crippen molar-refractivity contribution < 1.29 is 0 Å². The fourth-order valence-corrected chi connectivity index (χ4v) is 2.05. The number of benzene rings is 1. The highest BCUT2D eigenvalue weighted by Gasteiger charge is 2.05. The summed E-state index contributed by atoms with van der Waals surface area (Å²) in [5, 5.41) is 3.51. The van der Waals surface area contributed by atoms with Crippen molar-refractivity contribution in [2.45, 2.75) is 26.3 Å². The molecule has 0 aliphatic heterocycles. The van der Waals surface area contributed by atoms with E-state index in [1.165, 1.54) is 11.1 Å². The molecule has 2 aromatic rings. The van der Waals surface area contributed by atoms with E-state index < -0.39 is 0 Å². The minimum absolute atomic E-state index is 0.301. The number of hydrogen-bond donors (Lipinski definition) is 1. The number of hydrogen-bond acceptors (Lipinski definition) is 2. The largest absolute Gasteiger partial charge is 0.309 e. The lowest BCUT2D eigenvalue weighted by molar-refractivity contribution is 0.563. The zero-order valence-electron chi connectivity index (χ0n) is 11.1. The van der Waals surface area contributed by atoms with Gasteiger partial charge in [0.2, 0.25) is 0 Å². The van der Waals surface area contributed by atoms with Crippen LogP contribution >= 0.6 is 0 Å². The van der Waals surface area contributed by atoms with Crippen molar-refractivity contribution in [1.82, 2.24) is 10.3 Å². The van der Waals surface area contributed by atoms with Crippen molar-refractivity contribution in [3.8, 4) is 0 Å². The SMILES string of the molecule is Cc1ccccc1CCNC(C)c1ccccn1. The first-order chi connectivity index (χ1) is 8.77. The summed E-state index contributed by atoms with van der Waals surface area (Å²) in [5.74, 6) is 0. The highest BCUT2D eigenvalue weighted by atomic mass is 14.9. The third-order valence-corrected chi connectivity index (χ3v) is 3.24. The average Bonchev–Trinajstić information content (AvgIpc) is 2.42. The summed E-state index contributed by atoms with van der Waals surface area (Å²) in [6.45, 7) is 5.29. The molecule has 0 spiro atoms. The van der Waals surface area contributed by atoms with Gasteiger partial charge in [0.15, 0.2) is 0 Å². The van der Waals surface area contributed by atoms with Crippen LogP contribution in [0.1, 0.15) is 29.8 Å². The summed E-state index contributed by atoms with van der Waals surface area (Å²) in [7, 11) is 0. The molecule has 0 saturated heterocycles. The van der Waals surface area contributed by atoms with Gasteiger partial charge in [0.1, 0.15) is 0 Å². The van der Waals surface area contributed by atoms with Gasteiger partial charge in [0, 0.05) is 12.2 Å². The molecule has 1 atom stereocenters. The molecular weight excluding hydrogens is 220 g/mol. The Balaban J connectivity index is 1.84. The van der Waals surface area contributed by atoms with E-state index in [0.717, 1.165) is 18.7 Å². The molecular formula is C16H20N2. The van der Waals surface area contributed by atoms with Crippen LogP contribution in [0.2, 0.25) is 0 Å². The Morgan fingerprint density at radius 2 is 1.89 bits per heavy atom. The van der Waals surface area contributed by atoms with Crippen molar-refractivity contribution >= 4 is 0 Å². The summed E-state index contributed by atoms with van der Waals surface area (Å²) in [6.07, 6.45) is 2.90. The van der Waals surface area contributed by atoms with E-state index in [2.05, 4.69) is 54.5 Å². The quantitative estimate of drug-likeness (QED) is 0.867. The number of nitrogens with zero attached hydrogens (tertiary/aromatic N) is 1. The van der Waals surface area contributed by atoms with E-state index in [1.807, 2.05) is 18.3 Å². The predicted molar refractivity (Wildman–Crippen MR) is 75.5 cm³/mol. The molecule has 0 radical (unpaired) electrons. The van der Waals surface area contributed by atoms with E-state index in [1.54, 1.807) is 0 Å². The molecule has 1 unspecified atom stereocenters. The summed E-state index contributed by atoms with van der Waals surface area (Å²) >= 11 is 0. The zero-order chi connectivity index (χ0) is 12.8. The second-order valence-corrected chi connectivity index (χ2v) is 4.61. The van der Waals surface area contributed by atoms with Crippen molar-refractivity contribution in [2.75, 3.05) is 6.54 Å². The Morgan fingerprint density at radius 1 is 1.11 bits per heavy atom. The molecule has 1 aromatic heterocycles. The van der Waals surface area contributed by atoms with Gasteiger partial charge in [-0.3, -0.25) is 4.98 Å². The molecule has 0 saturated carbocycles. The molecule has 0 fully saturated rings. The van der Waals surface area contributed by atoms with Crippen LogP contribution in [0.5, 0.6) is 0 Å². The second kappa shape index (κ2) is 6.31. The normalized spacial score (nSPS) is 12.3. The van der Waals surface area contributed by atoms with Gasteiger partial charge < -0.3 is 5.32 Å². The molecule has 2 heteroatoms. The zero-order valence-corrected chi connectivity index (χ0v) is 11.1. The highest BCUT2D eigenvalue weighted by molar-refractivity contribution is 5.25. The molecule has 1 N–H and O–H groups in total. The highest BCUT2D eigenvalue weighted by Crippen LogP contribution is 2.10. The van der Waals surface area contributed by atoms with Crippen molar-refractivity contribution in [2.24, 2.45) is 0 Å². The van der Waals surface area contributed by atoms with Crippen LogP contribution in [0.15, 0.2) is 48.7 Å². The third kappa shape index (κ3) is 3.41. The van der Waals surface area contributed by atoms with E-state index in [4.69, 9.17) is 0 Å². The third-order valence-electron chi connectivity index (χ3n) is 3.24. The Kier molecular flexibility index (Phi) is 4.48. The minimum atomic E-state index is 0.301. The standard InChI is InChI=1S/C16H20N2/c1-13-7-3-4-8-15(13)10-12-17-14(2)16-9-5-6-11-18-16/h3-9,11,14,17H,10,12H2,1-2H3. The van der Waals surface area contributed by atoms with Gasteiger partial charge in [-0.15, -0.1) is 0 Å². The first-order valence-electron chi connectivity index (χ1n) is 6.46. The minimum Gasteiger partial charge on any atom is -0.309 e. The van der Waals surface area contributed by atoms with Gasteiger partial charge in [0.05, 0.1) is 5.69 Å². The van der Waals surface area contributed by atoms with Crippen LogP contribution in [0.3, 0.4) is 0 Å². The van der Waals surface area contributed by atoms with Crippen LogP contribution in [0, 0.1) is 6.92 Å². The van der Waals surface area contributed by atoms with Crippen molar-refractivity contribution in [3.63, 3.8) is 0 Å². The van der Waals surface area contributed by atoms with Crippen LogP contribution in [-0.4, -0.2) is 11.5 Å². The fourth-order valence-electron chi connectivity index (χ4n) is 2.05. The number of pyridine rings is 1. The maximum Gasteiger partial charge on any atom is 0.0570 e. The summed E-state index contributed by atoms with van der Waals surface area (Å²) in [4.78, 5) is 4.36. The predicted octanol–water partition coefficient (Wildman–Crippen LogP) is 3.28. The lowest BCUT2D eigenvalue weighted by atomic mass is 10.1. The van der Waals surface area contributed by atoms with Crippen LogP contribution < -0.4 is 5.32 Å². The number of nitrogens with one attached hydrogen (secondary N) is 1. The molecule has 2 rings (SSSR count). The molecule has 1 heterocycles. The van der Waals surface area contributed by atoms with E-state index >= 15 is 0 Å². The number of aromatic nitrogens is 1. The van der Waals surface area contributed by atoms with Gasteiger partial charge in [-0.05, 0) is 50.1 Å². The average molecular weight is 240 g/mol. The molecule has 0 bridgehead atoms. The maximum atomic E-state index is 4.36. The topological polar surface area (TPSA) is 24.9 Å². The lowest BCUT2D eigenvalue weighted by Gasteiger charge is -2.13. The fraction of sp³-hybridized carbons (Fsp3) is 0.312. The van der Waals surface area contributed by atoms with E-state index in [-0.39, 0.29) is 0 Å². The van der Waals surface area contributed by atoms with Crippen LogP contribution in [-0.2, 0) is 6.42 Å². The Labute approximate surface area is 109 Å². The lowest BCUT2D eigenvalue weighted by Crippen LogP contribution is -2.22. The number of rotatable bonds is 5. The van der Waals surface area contributed by atoms with Crippen molar-refractivity contribution in [1.29, 1.82) is 0 Å². The van der Waals surface area contributed by atoms with Gasteiger partial charge >= 0.3 is 0 Å².